The van der Waals surface area contributed by atoms with Gasteiger partial charge in [0.05, 0.1) is 0 Å². The minimum Gasteiger partial charge on any atom is -0.126 e. The predicted octanol–water partition coefficient (Wildman–Crippen LogP) is 6.51. The highest BCUT2D eigenvalue weighted by Crippen LogP contribution is 2.33. The van der Waals surface area contributed by atoms with Gasteiger partial charge in [-0.2, -0.15) is 0 Å². The summed E-state index contributed by atoms with van der Waals surface area (Å²) in [6.45, 7) is 5.91. The highest BCUT2D eigenvalue weighted by Gasteiger charge is 2.27. The van der Waals surface area contributed by atoms with E-state index < -0.39 is 6.69 Å². The van der Waals surface area contributed by atoms with Crippen LogP contribution < -0.4 is 0 Å². The summed E-state index contributed by atoms with van der Waals surface area (Å²) in [5, 5.41) is 0. The molecule has 0 aromatic carbocycles. The molecule has 0 aliphatic heterocycles. The van der Waals surface area contributed by atoms with E-state index in [4.69, 9.17) is 0 Å². The minimum atomic E-state index is -1.03. The second kappa shape index (κ2) is 10.8. The first-order valence-electron chi connectivity index (χ1n) is 7.37. The van der Waals surface area contributed by atoms with Gasteiger partial charge in [0.2, 0.25) is 0 Å². The van der Waals surface area contributed by atoms with Gasteiger partial charge < -0.3 is 0 Å². The van der Waals surface area contributed by atoms with Crippen LogP contribution in [0.4, 0.5) is 0 Å². The maximum absolute atomic E-state index is 4.18. The molecule has 0 spiro atoms. The lowest BCUT2D eigenvalue weighted by Crippen LogP contribution is -2.25. The number of hydrogen-bond acceptors (Lipinski definition) is 0. The maximum atomic E-state index is 4.18. The predicted molar refractivity (Wildman–Crippen MR) is 83.1 cm³/mol. The Kier molecular flexibility index (Phi) is 11.3. The SMILES string of the molecule is CCCCCC[Si](Br)(CCCC)CCCC. The Hall–Kier alpha value is 0.697. The van der Waals surface area contributed by atoms with Gasteiger partial charge >= 0.3 is 0 Å². The lowest BCUT2D eigenvalue weighted by molar-refractivity contribution is 0.693. The summed E-state index contributed by atoms with van der Waals surface area (Å²) in [7, 11) is 0. The molecule has 0 bridgehead atoms. The van der Waals surface area contributed by atoms with Crippen molar-refractivity contribution in [2.24, 2.45) is 0 Å². The molecule has 0 nitrogen and oxygen atoms in total. The molecule has 0 atom stereocenters. The summed E-state index contributed by atoms with van der Waals surface area (Å²) in [6.07, 6.45) is 11.3. The summed E-state index contributed by atoms with van der Waals surface area (Å²) < 4.78 is 0. The molecule has 0 amide bonds. The second-order valence-electron chi connectivity index (χ2n) is 5.17. The first-order valence-corrected chi connectivity index (χ1v) is 12.2. The van der Waals surface area contributed by atoms with E-state index in [1.165, 1.54) is 69.5 Å². The standard InChI is InChI=1S/C14H31BrSi/c1-4-7-10-11-14-16(15,12-8-5-2)13-9-6-3/h4-14H2,1-3H3. The van der Waals surface area contributed by atoms with E-state index in [1.54, 1.807) is 0 Å². The summed E-state index contributed by atoms with van der Waals surface area (Å²) in [5.41, 5.74) is 0. The third-order valence-corrected chi connectivity index (χ3v) is 10.8. The van der Waals surface area contributed by atoms with Crippen molar-refractivity contribution >= 4 is 22.0 Å². The molecule has 0 aromatic rings. The van der Waals surface area contributed by atoms with Gasteiger partial charge in [-0.1, -0.05) is 72.1 Å². The Morgan fingerprint density at radius 3 is 1.50 bits per heavy atom. The van der Waals surface area contributed by atoms with E-state index in [0.29, 0.717) is 0 Å². The monoisotopic (exact) mass is 306 g/mol. The molecule has 0 saturated carbocycles. The van der Waals surface area contributed by atoms with Crippen LogP contribution in [0.5, 0.6) is 0 Å². The fourth-order valence-electron chi connectivity index (χ4n) is 2.23. The molecule has 2 heteroatoms. The van der Waals surface area contributed by atoms with Crippen molar-refractivity contribution in [3.63, 3.8) is 0 Å². The zero-order valence-electron chi connectivity index (χ0n) is 11.7. The molecule has 0 aliphatic carbocycles. The van der Waals surface area contributed by atoms with Crippen LogP contribution in [0.1, 0.15) is 72.1 Å². The van der Waals surface area contributed by atoms with Crippen LogP contribution in [0.2, 0.25) is 18.1 Å². The van der Waals surface area contributed by atoms with E-state index in [-0.39, 0.29) is 0 Å². The Balaban J connectivity index is 3.86. The van der Waals surface area contributed by atoms with E-state index in [0.717, 1.165) is 0 Å². The van der Waals surface area contributed by atoms with E-state index in [2.05, 4.69) is 36.1 Å². The summed E-state index contributed by atoms with van der Waals surface area (Å²) in [5.74, 6) is 0. The second-order valence-corrected chi connectivity index (χ2v) is 14.0. The van der Waals surface area contributed by atoms with Crippen molar-refractivity contribution in [3.8, 4) is 0 Å². The van der Waals surface area contributed by atoms with Gasteiger partial charge in [-0.15, -0.1) is 15.3 Å². The smallest absolute Gasteiger partial charge is 0.126 e. The third kappa shape index (κ3) is 8.80. The van der Waals surface area contributed by atoms with Crippen LogP contribution in [0.25, 0.3) is 0 Å². The molecule has 16 heavy (non-hydrogen) atoms. The molecule has 0 N–H and O–H groups in total. The average Bonchev–Trinajstić information content (AvgIpc) is 2.30. The molecule has 0 unspecified atom stereocenters. The van der Waals surface area contributed by atoms with Gasteiger partial charge in [0.25, 0.3) is 0 Å². The molecule has 0 radical (unpaired) electrons. The Morgan fingerprint density at radius 2 is 1.06 bits per heavy atom. The van der Waals surface area contributed by atoms with Gasteiger partial charge in [-0.25, -0.2) is 0 Å². The van der Waals surface area contributed by atoms with Crippen molar-refractivity contribution in [2.75, 3.05) is 0 Å². The quantitative estimate of drug-likeness (QED) is 0.232. The van der Waals surface area contributed by atoms with Crippen LogP contribution in [-0.2, 0) is 0 Å². The molecule has 0 heterocycles. The van der Waals surface area contributed by atoms with Gasteiger partial charge in [-0.05, 0) is 18.1 Å². The maximum Gasteiger partial charge on any atom is 0.130 e. The van der Waals surface area contributed by atoms with Gasteiger partial charge in [0.15, 0.2) is 0 Å². The first-order chi connectivity index (χ1) is 7.68. The molecular weight excluding hydrogens is 276 g/mol. The lowest BCUT2D eigenvalue weighted by Gasteiger charge is -2.25. The zero-order valence-corrected chi connectivity index (χ0v) is 14.2. The third-order valence-electron chi connectivity index (χ3n) is 3.44. The number of unbranched alkanes of at least 4 members (excludes halogenated alkanes) is 5. The fourth-order valence-corrected chi connectivity index (χ4v) is 8.36. The Bertz CT molecular complexity index is 140. The van der Waals surface area contributed by atoms with E-state index in [9.17, 15) is 0 Å². The molecule has 0 rings (SSSR count). The number of halogens is 1. The molecule has 0 aromatic heterocycles. The van der Waals surface area contributed by atoms with Gasteiger partial charge in [-0.3, -0.25) is 0 Å². The highest BCUT2D eigenvalue weighted by atomic mass is 79.9. The normalized spacial score (nSPS) is 12.0. The van der Waals surface area contributed by atoms with Gasteiger partial charge in [0.1, 0.15) is 6.69 Å². The Morgan fingerprint density at radius 1 is 0.625 bits per heavy atom. The van der Waals surface area contributed by atoms with Crippen molar-refractivity contribution in [1.82, 2.24) is 0 Å². The fraction of sp³-hybridized carbons (Fsp3) is 1.00. The minimum absolute atomic E-state index is 1.03. The molecular formula is C14H31BrSi. The Labute approximate surface area is 112 Å². The highest BCUT2D eigenvalue weighted by molar-refractivity contribution is 9.26. The van der Waals surface area contributed by atoms with Gasteiger partial charge in [0, 0.05) is 0 Å². The molecule has 0 saturated heterocycles. The summed E-state index contributed by atoms with van der Waals surface area (Å²) in [4.78, 5) is 0. The van der Waals surface area contributed by atoms with E-state index in [1.807, 2.05) is 0 Å². The summed E-state index contributed by atoms with van der Waals surface area (Å²) in [6, 6.07) is 4.54. The molecule has 98 valence electrons. The molecule has 0 fully saturated rings. The van der Waals surface area contributed by atoms with Crippen LogP contribution in [0, 0.1) is 0 Å². The number of hydrogen-bond donors (Lipinski definition) is 0. The van der Waals surface area contributed by atoms with Crippen molar-refractivity contribution in [3.05, 3.63) is 0 Å². The molecule has 0 aliphatic rings. The largest absolute Gasteiger partial charge is 0.130 e. The van der Waals surface area contributed by atoms with Crippen LogP contribution >= 0.6 is 15.3 Å². The topological polar surface area (TPSA) is 0 Å². The van der Waals surface area contributed by atoms with Crippen molar-refractivity contribution in [2.45, 2.75) is 90.3 Å². The van der Waals surface area contributed by atoms with Crippen LogP contribution in [0.3, 0.4) is 0 Å². The lowest BCUT2D eigenvalue weighted by atomic mass is 10.2. The van der Waals surface area contributed by atoms with Crippen molar-refractivity contribution < 1.29 is 0 Å². The zero-order chi connectivity index (χ0) is 12.3. The van der Waals surface area contributed by atoms with Crippen LogP contribution in [0.15, 0.2) is 0 Å². The number of rotatable bonds is 11. The first kappa shape index (κ1) is 16.7. The van der Waals surface area contributed by atoms with E-state index >= 15 is 0 Å². The van der Waals surface area contributed by atoms with Crippen molar-refractivity contribution in [1.29, 1.82) is 0 Å². The summed E-state index contributed by atoms with van der Waals surface area (Å²) >= 11 is 4.18. The average molecular weight is 307 g/mol. The van der Waals surface area contributed by atoms with Crippen LogP contribution in [-0.4, -0.2) is 6.69 Å².